The minimum Gasteiger partial charge on any atom is -0.472 e. The lowest BCUT2D eigenvalue weighted by molar-refractivity contribution is 0.292. The quantitative estimate of drug-likeness (QED) is 0.882. The van der Waals surface area contributed by atoms with Crippen LogP contribution in [0.5, 0.6) is 5.88 Å². The van der Waals surface area contributed by atoms with Crippen LogP contribution in [0.2, 0.25) is 0 Å². The van der Waals surface area contributed by atoms with Gasteiger partial charge in [-0.05, 0) is 30.5 Å². The van der Waals surface area contributed by atoms with Gasteiger partial charge in [-0.1, -0.05) is 28.1 Å². The minimum atomic E-state index is 0.494. The Labute approximate surface area is 126 Å². The zero-order valence-corrected chi connectivity index (χ0v) is 12.6. The molecule has 20 heavy (non-hydrogen) atoms. The summed E-state index contributed by atoms with van der Waals surface area (Å²) in [6.45, 7) is 1.28. The topological polar surface area (TPSA) is 47.0 Å². The van der Waals surface area contributed by atoms with Gasteiger partial charge in [0.2, 0.25) is 5.88 Å². The molecule has 3 rings (SSSR count). The third-order valence-electron chi connectivity index (χ3n) is 3.11. The Kier molecular flexibility index (Phi) is 4.28. The second-order valence-corrected chi connectivity index (χ2v) is 5.84. The minimum absolute atomic E-state index is 0.494. The van der Waals surface area contributed by atoms with Crippen molar-refractivity contribution in [3.8, 4) is 5.88 Å². The van der Waals surface area contributed by atoms with Crippen LogP contribution >= 0.6 is 15.9 Å². The zero-order chi connectivity index (χ0) is 13.8. The lowest BCUT2D eigenvalue weighted by Gasteiger charge is -2.06. The van der Waals surface area contributed by atoms with Crippen LogP contribution in [-0.2, 0) is 13.2 Å². The van der Waals surface area contributed by atoms with E-state index < -0.39 is 0 Å². The van der Waals surface area contributed by atoms with E-state index >= 15 is 0 Å². The first kappa shape index (κ1) is 13.5. The molecule has 0 atom stereocenters. The molecule has 1 N–H and O–H groups in total. The third-order valence-corrected chi connectivity index (χ3v) is 3.60. The standard InChI is InChI=1S/C15H16BrN3O/c16-12-3-1-2-11(6-12)10-20-15-9-18-14(8-19-15)7-17-13-4-5-13/h1-3,6,8-9,13,17H,4-5,7,10H2. The summed E-state index contributed by atoms with van der Waals surface area (Å²) < 4.78 is 6.67. The molecule has 4 nitrogen and oxygen atoms in total. The maximum Gasteiger partial charge on any atom is 0.232 e. The highest BCUT2D eigenvalue weighted by molar-refractivity contribution is 9.10. The number of hydrogen-bond acceptors (Lipinski definition) is 4. The zero-order valence-electron chi connectivity index (χ0n) is 11.1. The van der Waals surface area contributed by atoms with Crippen LogP contribution in [0.3, 0.4) is 0 Å². The van der Waals surface area contributed by atoms with Gasteiger partial charge in [0.25, 0.3) is 0 Å². The second kappa shape index (κ2) is 6.33. The van der Waals surface area contributed by atoms with Gasteiger partial charge in [0.05, 0.1) is 18.1 Å². The first-order valence-corrected chi connectivity index (χ1v) is 7.50. The molecule has 1 aliphatic carbocycles. The Hall–Kier alpha value is -1.46. The van der Waals surface area contributed by atoms with Gasteiger partial charge >= 0.3 is 0 Å². The molecule has 1 heterocycles. The largest absolute Gasteiger partial charge is 0.472 e. The summed E-state index contributed by atoms with van der Waals surface area (Å²) in [6.07, 6.45) is 6.01. The fourth-order valence-corrected chi connectivity index (χ4v) is 2.28. The summed E-state index contributed by atoms with van der Waals surface area (Å²) in [4.78, 5) is 8.63. The summed E-state index contributed by atoms with van der Waals surface area (Å²) >= 11 is 3.44. The summed E-state index contributed by atoms with van der Waals surface area (Å²) in [5.41, 5.74) is 2.05. The van der Waals surface area contributed by atoms with Crippen molar-refractivity contribution in [1.29, 1.82) is 0 Å². The van der Waals surface area contributed by atoms with Gasteiger partial charge in [0, 0.05) is 17.1 Å². The molecule has 0 radical (unpaired) electrons. The van der Waals surface area contributed by atoms with Crippen molar-refractivity contribution in [1.82, 2.24) is 15.3 Å². The molecule has 5 heteroatoms. The Balaban J connectivity index is 1.52. The highest BCUT2D eigenvalue weighted by Gasteiger charge is 2.20. The molecule has 104 valence electrons. The van der Waals surface area contributed by atoms with Crippen molar-refractivity contribution < 1.29 is 4.74 Å². The molecule has 1 aromatic heterocycles. The highest BCUT2D eigenvalue weighted by atomic mass is 79.9. The number of rotatable bonds is 6. The Morgan fingerprint density at radius 3 is 2.85 bits per heavy atom. The lowest BCUT2D eigenvalue weighted by Crippen LogP contribution is -2.16. The molecule has 0 aliphatic heterocycles. The van der Waals surface area contributed by atoms with Gasteiger partial charge < -0.3 is 10.1 Å². The Bertz CT molecular complexity index is 570. The number of nitrogens with one attached hydrogen (secondary N) is 1. The first-order valence-electron chi connectivity index (χ1n) is 6.71. The van der Waals surface area contributed by atoms with Crippen LogP contribution in [0.4, 0.5) is 0 Å². The molecule has 2 aromatic rings. The number of ether oxygens (including phenoxy) is 1. The third kappa shape index (κ3) is 4.02. The molecule has 1 fully saturated rings. The van der Waals surface area contributed by atoms with Crippen LogP contribution in [0, 0.1) is 0 Å². The van der Waals surface area contributed by atoms with Gasteiger partial charge in [-0.25, -0.2) is 4.98 Å². The van der Waals surface area contributed by atoms with Gasteiger partial charge in [-0.15, -0.1) is 0 Å². The molecule has 0 amide bonds. The number of aromatic nitrogens is 2. The predicted molar refractivity (Wildman–Crippen MR) is 80.4 cm³/mol. The van der Waals surface area contributed by atoms with Gasteiger partial charge in [-0.3, -0.25) is 4.98 Å². The Morgan fingerprint density at radius 2 is 2.15 bits per heavy atom. The van der Waals surface area contributed by atoms with Crippen molar-refractivity contribution in [2.24, 2.45) is 0 Å². The van der Waals surface area contributed by atoms with Crippen LogP contribution < -0.4 is 10.1 Å². The first-order chi connectivity index (χ1) is 9.79. The average Bonchev–Trinajstić information content (AvgIpc) is 3.28. The molecule has 1 aliphatic rings. The van der Waals surface area contributed by atoms with Crippen LogP contribution in [-0.4, -0.2) is 16.0 Å². The molecule has 0 unspecified atom stereocenters. The van der Waals surface area contributed by atoms with Crippen molar-refractivity contribution in [3.05, 3.63) is 52.4 Å². The SMILES string of the molecule is Brc1cccc(COc2cnc(CNC3CC3)cn2)c1. The molecular weight excluding hydrogens is 318 g/mol. The van der Waals surface area contributed by atoms with E-state index in [9.17, 15) is 0 Å². The Morgan fingerprint density at radius 1 is 1.25 bits per heavy atom. The summed E-state index contributed by atoms with van der Waals surface area (Å²) in [6, 6.07) is 8.71. The maximum absolute atomic E-state index is 5.63. The van der Waals surface area contributed by atoms with Crippen molar-refractivity contribution >= 4 is 15.9 Å². The van der Waals surface area contributed by atoms with Crippen molar-refractivity contribution in [2.45, 2.75) is 32.0 Å². The smallest absolute Gasteiger partial charge is 0.232 e. The van der Waals surface area contributed by atoms with Crippen LogP contribution in [0.15, 0.2) is 41.1 Å². The van der Waals surface area contributed by atoms with Gasteiger partial charge in [0.1, 0.15) is 6.61 Å². The average molecular weight is 334 g/mol. The molecular formula is C15H16BrN3O. The van der Waals surface area contributed by atoms with E-state index in [4.69, 9.17) is 4.74 Å². The van der Waals surface area contributed by atoms with Crippen molar-refractivity contribution in [3.63, 3.8) is 0 Å². The maximum atomic E-state index is 5.63. The number of benzene rings is 1. The van der Waals surface area contributed by atoms with Crippen molar-refractivity contribution in [2.75, 3.05) is 0 Å². The predicted octanol–water partition coefficient (Wildman–Crippen LogP) is 3.07. The van der Waals surface area contributed by atoms with Crippen LogP contribution in [0.1, 0.15) is 24.1 Å². The fraction of sp³-hybridized carbons (Fsp3) is 0.333. The van der Waals surface area contributed by atoms with E-state index in [1.54, 1.807) is 12.4 Å². The molecule has 0 saturated heterocycles. The van der Waals surface area contributed by atoms with E-state index in [-0.39, 0.29) is 0 Å². The van der Waals surface area contributed by atoms with E-state index in [1.807, 2.05) is 24.3 Å². The summed E-state index contributed by atoms with van der Waals surface area (Å²) in [5, 5.41) is 3.41. The number of halogens is 1. The monoisotopic (exact) mass is 333 g/mol. The second-order valence-electron chi connectivity index (χ2n) is 4.92. The van der Waals surface area contributed by atoms with E-state index in [0.717, 1.165) is 22.3 Å². The molecule has 1 aromatic carbocycles. The van der Waals surface area contributed by atoms with Gasteiger partial charge in [-0.2, -0.15) is 0 Å². The van der Waals surface area contributed by atoms with Gasteiger partial charge in [0.15, 0.2) is 0 Å². The lowest BCUT2D eigenvalue weighted by atomic mass is 10.2. The van der Waals surface area contributed by atoms with E-state index in [0.29, 0.717) is 18.5 Å². The molecule has 1 saturated carbocycles. The fourth-order valence-electron chi connectivity index (χ4n) is 1.83. The molecule has 0 spiro atoms. The molecule has 0 bridgehead atoms. The normalized spacial score (nSPS) is 14.2. The number of hydrogen-bond donors (Lipinski definition) is 1. The highest BCUT2D eigenvalue weighted by Crippen LogP contribution is 2.19. The number of nitrogens with zero attached hydrogens (tertiary/aromatic N) is 2. The van der Waals surface area contributed by atoms with Crippen LogP contribution in [0.25, 0.3) is 0 Å². The van der Waals surface area contributed by atoms with E-state index in [1.165, 1.54) is 12.8 Å². The summed E-state index contributed by atoms with van der Waals surface area (Å²) in [7, 11) is 0. The summed E-state index contributed by atoms with van der Waals surface area (Å²) in [5.74, 6) is 0.556. The van der Waals surface area contributed by atoms with E-state index in [2.05, 4.69) is 31.2 Å².